The molecule has 0 bridgehead atoms. The van der Waals surface area contributed by atoms with Crippen LogP contribution < -0.4 is 5.32 Å². The Morgan fingerprint density at radius 2 is 2.20 bits per heavy atom. The highest BCUT2D eigenvalue weighted by molar-refractivity contribution is 5.85. The molecule has 1 nitrogen and oxygen atoms in total. The SMILES string of the molecule is Cl.FC(F)C[C@@H]1CCNC1. The molecule has 1 atom stereocenters. The van der Waals surface area contributed by atoms with Crippen molar-refractivity contribution in [1.29, 1.82) is 0 Å². The summed E-state index contributed by atoms with van der Waals surface area (Å²) in [5.74, 6) is 0.227. The van der Waals surface area contributed by atoms with E-state index in [0.717, 1.165) is 19.5 Å². The maximum Gasteiger partial charge on any atom is 0.238 e. The van der Waals surface area contributed by atoms with Crippen LogP contribution in [0.5, 0.6) is 0 Å². The van der Waals surface area contributed by atoms with Crippen molar-refractivity contribution < 1.29 is 8.78 Å². The summed E-state index contributed by atoms with van der Waals surface area (Å²) in [6.45, 7) is 1.70. The summed E-state index contributed by atoms with van der Waals surface area (Å²) < 4.78 is 23.3. The number of halogens is 3. The third-order valence-corrected chi connectivity index (χ3v) is 1.67. The van der Waals surface area contributed by atoms with Crippen LogP contribution in [0.1, 0.15) is 12.8 Å². The normalized spacial score (nSPS) is 24.9. The second-order valence-corrected chi connectivity index (χ2v) is 2.49. The van der Waals surface area contributed by atoms with Gasteiger partial charge in [-0.05, 0) is 25.4 Å². The van der Waals surface area contributed by atoms with Crippen molar-refractivity contribution in [2.75, 3.05) is 13.1 Å². The van der Waals surface area contributed by atoms with Gasteiger partial charge in [-0.15, -0.1) is 12.4 Å². The van der Waals surface area contributed by atoms with Crippen molar-refractivity contribution >= 4 is 12.4 Å². The summed E-state index contributed by atoms with van der Waals surface area (Å²) in [6, 6.07) is 0. The fourth-order valence-corrected chi connectivity index (χ4v) is 1.17. The van der Waals surface area contributed by atoms with Gasteiger partial charge in [0, 0.05) is 6.42 Å². The molecule has 1 N–H and O–H groups in total. The third kappa shape index (κ3) is 3.32. The van der Waals surface area contributed by atoms with Gasteiger partial charge in [-0.2, -0.15) is 0 Å². The highest BCUT2D eigenvalue weighted by atomic mass is 35.5. The van der Waals surface area contributed by atoms with E-state index in [0.29, 0.717) is 0 Å². The molecule has 0 spiro atoms. The molecule has 1 fully saturated rings. The molecule has 1 rings (SSSR count). The van der Waals surface area contributed by atoms with E-state index < -0.39 is 6.43 Å². The van der Waals surface area contributed by atoms with Crippen LogP contribution in [0, 0.1) is 5.92 Å². The molecule has 1 heterocycles. The number of alkyl halides is 2. The lowest BCUT2D eigenvalue weighted by molar-refractivity contribution is 0.118. The van der Waals surface area contributed by atoms with Crippen LogP contribution in [0.15, 0.2) is 0 Å². The molecule has 1 aliphatic heterocycles. The van der Waals surface area contributed by atoms with Gasteiger partial charge >= 0.3 is 0 Å². The molecule has 0 saturated carbocycles. The van der Waals surface area contributed by atoms with Crippen LogP contribution in [0.3, 0.4) is 0 Å². The predicted molar refractivity (Wildman–Crippen MR) is 38.8 cm³/mol. The zero-order chi connectivity index (χ0) is 6.69. The lowest BCUT2D eigenvalue weighted by Crippen LogP contribution is -2.11. The molecule has 62 valence electrons. The van der Waals surface area contributed by atoms with Crippen molar-refractivity contribution in [2.24, 2.45) is 5.92 Å². The van der Waals surface area contributed by atoms with Crippen molar-refractivity contribution in [3.63, 3.8) is 0 Å². The van der Waals surface area contributed by atoms with Crippen LogP contribution in [0.2, 0.25) is 0 Å². The van der Waals surface area contributed by atoms with Crippen LogP contribution in [0.25, 0.3) is 0 Å². The van der Waals surface area contributed by atoms with Crippen LogP contribution in [0.4, 0.5) is 8.78 Å². The van der Waals surface area contributed by atoms with Crippen molar-refractivity contribution in [3.8, 4) is 0 Å². The van der Waals surface area contributed by atoms with Crippen LogP contribution >= 0.6 is 12.4 Å². The molecule has 0 aliphatic carbocycles. The first-order chi connectivity index (χ1) is 4.29. The van der Waals surface area contributed by atoms with E-state index >= 15 is 0 Å². The van der Waals surface area contributed by atoms with Gasteiger partial charge in [-0.25, -0.2) is 8.78 Å². The molecular weight excluding hydrogens is 160 g/mol. The fraction of sp³-hybridized carbons (Fsp3) is 1.00. The third-order valence-electron chi connectivity index (χ3n) is 1.67. The minimum Gasteiger partial charge on any atom is -0.316 e. The monoisotopic (exact) mass is 171 g/mol. The zero-order valence-electron chi connectivity index (χ0n) is 5.65. The molecule has 0 amide bonds. The highest BCUT2D eigenvalue weighted by Crippen LogP contribution is 2.16. The molecule has 0 aromatic heterocycles. The molecule has 1 aliphatic rings. The average Bonchev–Trinajstić information content (AvgIpc) is 2.15. The standard InChI is InChI=1S/C6H11F2N.ClH/c7-6(8)3-5-1-2-9-4-5;/h5-6,9H,1-4H2;1H/t5-;/m0./s1. The molecule has 1 saturated heterocycles. The molecule has 0 aromatic rings. The summed E-state index contributed by atoms with van der Waals surface area (Å²) in [5.41, 5.74) is 0. The smallest absolute Gasteiger partial charge is 0.238 e. The topological polar surface area (TPSA) is 12.0 Å². The van der Waals surface area contributed by atoms with Crippen LogP contribution in [-0.2, 0) is 0 Å². The minimum atomic E-state index is -2.12. The molecule has 0 radical (unpaired) electrons. The molecule has 10 heavy (non-hydrogen) atoms. The predicted octanol–water partition coefficient (Wildman–Crippen LogP) is 1.67. The van der Waals surface area contributed by atoms with E-state index in [1.54, 1.807) is 0 Å². The first kappa shape index (κ1) is 10.1. The summed E-state index contributed by atoms with van der Waals surface area (Å²) in [5, 5.41) is 3.04. The van der Waals surface area contributed by atoms with Crippen molar-refractivity contribution in [2.45, 2.75) is 19.3 Å². The Bertz CT molecular complexity index is 83.8. The maximum atomic E-state index is 11.7. The molecule has 0 aromatic carbocycles. The van der Waals surface area contributed by atoms with Gasteiger partial charge in [0.1, 0.15) is 0 Å². The Hall–Kier alpha value is 0.110. The average molecular weight is 172 g/mol. The van der Waals surface area contributed by atoms with E-state index in [1.165, 1.54) is 0 Å². The summed E-state index contributed by atoms with van der Waals surface area (Å²) >= 11 is 0. The highest BCUT2D eigenvalue weighted by Gasteiger charge is 2.18. The number of rotatable bonds is 2. The Kier molecular flexibility index (Phi) is 4.91. The minimum absolute atomic E-state index is 0. The molecule has 4 heteroatoms. The summed E-state index contributed by atoms with van der Waals surface area (Å²) in [7, 11) is 0. The Morgan fingerprint density at radius 3 is 2.60 bits per heavy atom. The van der Waals surface area contributed by atoms with Gasteiger partial charge in [-0.1, -0.05) is 0 Å². The first-order valence-corrected chi connectivity index (χ1v) is 3.28. The quantitative estimate of drug-likeness (QED) is 0.667. The van der Waals surface area contributed by atoms with Crippen molar-refractivity contribution in [1.82, 2.24) is 5.32 Å². The fourth-order valence-electron chi connectivity index (χ4n) is 1.17. The lowest BCUT2D eigenvalue weighted by Gasteiger charge is -2.04. The largest absolute Gasteiger partial charge is 0.316 e. The number of hydrogen-bond acceptors (Lipinski definition) is 1. The second kappa shape index (κ2) is 4.85. The van der Waals surface area contributed by atoms with Gasteiger partial charge < -0.3 is 5.32 Å². The molecule has 0 unspecified atom stereocenters. The number of hydrogen-bond donors (Lipinski definition) is 1. The van der Waals surface area contributed by atoms with E-state index in [4.69, 9.17) is 0 Å². The van der Waals surface area contributed by atoms with E-state index in [2.05, 4.69) is 5.32 Å². The van der Waals surface area contributed by atoms with Crippen LogP contribution in [-0.4, -0.2) is 19.5 Å². The van der Waals surface area contributed by atoms with Gasteiger partial charge in [0.25, 0.3) is 0 Å². The van der Waals surface area contributed by atoms with E-state index in [-0.39, 0.29) is 24.7 Å². The van der Waals surface area contributed by atoms with Gasteiger partial charge in [-0.3, -0.25) is 0 Å². The maximum absolute atomic E-state index is 11.7. The zero-order valence-corrected chi connectivity index (χ0v) is 6.46. The first-order valence-electron chi connectivity index (χ1n) is 3.28. The van der Waals surface area contributed by atoms with Gasteiger partial charge in [0.05, 0.1) is 0 Å². The van der Waals surface area contributed by atoms with E-state index in [1.807, 2.05) is 0 Å². The van der Waals surface area contributed by atoms with Gasteiger partial charge in [0.15, 0.2) is 0 Å². The summed E-state index contributed by atoms with van der Waals surface area (Å²) in [4.78, 5) is 0. The van der Waals surface area contributed by atoms with Gasteiger partial charge in [0.2, 0.25) is 6.43 Å². The molecular formula is C6H12ClF2N. The summed E-state index contributed by atoms with van der Waals surface area (Å²) in [6.07, 6.45) is -1.12. The Balaban J connectivity index is 0.000000810. The van der Waals surface area contributed by atoms with Crippen molar-refractivity contribution in [3.05, 3.63) is 0 Å². The Labute approximate surface area is 65.6 Å². The van der Waals surface area contributed by atoms with E-state index in [9.17, 15) is 8.78 Å². The lowest BCUT2D eigenvalue weighted by atomic mass is 10.1. The number of nitrogens with one attached hydrogen (secondary N) is 1. The second-order valence-electron chi connectivity index (χ2n) is 2.49. The Morgan fingerprint density at radius 1 is 1.50 bits per heavy atom.